The van der Waals surface area contributed by atoms with E-state index >= 15 is 0 Å². The molecule has 0 bridgehead atoms. The monoisotopic (exact) mass is 625 g/mol. The number of ether oxygens (including phenoxy) is 1. The first-order valence-corrected chi connectivity index (χ1v) is 15.4. The summed E-state index contributed by atoms with van der Waals surface area (Å²) >= 11 is 7.36. The number of amides is 1. The molecule has 2 heterocycles. The molecule has 1 aromatic heterocycles. The number of carbonyl (C=O) groups excluding carboxylic acids is 1. The number of carbonyl (C=O) groups is 1. The van der Waals surface area contributed by atoms with Crippen LogP contribution in [0.3, 0.4) is 0 Å². The lowest BCUT2D eigenvalue weighted by Crippen LogP contribution is -2.31. The molecule has 5 aromatic rings. The standard InChI is InChI=1S/C34H29ClFN5O2S/c1-21-8-3-6-13-29(21)38-32(42)30-22(2)37-33-39-34(44-20-25-9-4-5-12-28(25)36)40-41(33)31(30)24-10-7-11-27(18-24)43-19-23-14-16-26(35)17-15-23/h3-18,31H,19-20H2,1-2H3,(H,38,42)(H,37,39,40). The minimum absolute atomic E-state index is 0.261. The first-order valence-electron chi connectivity index (χ1n) is 14.0. The van der Waals surface area contributed by atoms with Crippen LogP contribution in [0, 0.1) is 12.7 Å². The van der Waals surface area contributed by atoms with Crippen LogP contribution in [0.5, 0.6) is 5.75 Å². The van der Waals surface area contributed by atoms with Crippen molar-refractivity contribution in [2.24, 2.45) is 0 Å². The lowest BCUT2D eigenvalue weighted by Gasteiger charge is -2.29. The lowest BCUT2D eigenvalue weighted by molar-refractivity contribution is -0.113. The number of anilines is 2. The minimum atomic E-state index is -0.607. The van der Waals surface area contributed by atoms with Gasteiger partial charge in [-0.25, -0.2) is 9.07 Å². The molecular formula is C34H29ClFN5O2S. The lowest BCUT2D eigenvalue weighted by atomic mass is 9.94. The largest absolute Gasteiger partial charge is 0.489 e. The Morgan fingerprint density at radius 3 is 2.59 bits per heavy atom. The van der Waals surface area contributed by atoms with Crippen molar-refractivity contribution in [3.8, 4) is 5.75 Å². The van der Waals surface area contributed by atoms with Crippen molar-refractivity contribution in [1.29, 1.82) is 0 Å². The zero-order valence-corrected chi connectivity index (χ0v) is 25.6. The van der Waals surface area contributed by atoms with Crippen molar-refractivity contribution >= 4 is 40.9 Å². The van der Waals surface area contributed by atoms with Crippen molar-refractivity contribution in [3.63, 3.8) is 0 Å². The molecule has 1 amide bonds. The highest BCUT2D eigenvalue weighted by molar-refractivity contribution is 7.98. The minimum Gasteiger partial charge on any atom is -0.489 e. The topological polar surface area (TPSA) is 81.1 Å². The molecule has 1 aliphatic rings. The number of halogens is 2. The Bertz CT molecular complexity index is 1860. The van der Waals surface area contributed by atoms with Crippen LogP contribution < -0.4 is 15.4 Å². The fourth-order valence-electron chi connectivity index (χ4n) is 4.98. The van der Waals surface area contributed by atoms with E-state index in [0.717, 1.165) is 22.4 Å². The molecule has 44 heavy (non-hydrogen) atoms. The zero-order chi connectivity index (χ0) is 30.6. The summed E-state index contributed by atoms with van der Waals surface area (Å²) in [5.41, 5.74) is 5.16. The number of allylic oxidation sites excluding steroid dienone is 1. The second-order valence-corrected chi connectivity index (χ2v) is 11.7. The molecule has 1 unspecified atom stereocenters. The molecule has 0 aliphatic carbocycles. The molecule has 10 heteroatoms. The molecule has 7 nitrogen and oxygen atoms in total. The van der Waals surface area contributed by atoms with E-state index in [9.17, 15) is 9.18 Å². The summed E-state index contributed by atoms with van der Waals surface area (Å²) in [4.78, 5) is 18.6. The second-order valence-electron chi connectivity index (χ2n) is 10.4. The van der Waals surface area contributed by atoms with E-state index in [1.54, 1.807) is 22.9 Å². The number of benzene rings is 4. The molecule has 0 radical (unpaired) electrons. The van der Waals surface area contributed by atoms with Crippen molar-refractivity contribution in [1.82, 2.24) is 14.8 Å². The molecule has 4 aromatic carbocycles. The maximum Gasteiger partial charge on any atom is 0.255 e. The normalized spacial score (nSPS) is 14.1. The van der Waals surface area contributed by atoms with E-state index in [1.165, 1.54) is 17.8 Å². The van der Waals surface area contributed by atoms with Crippen LogP contribution >= 0.6 is 23.4 Å². The molecule has 0 saturated heterocycles. The van der Waals surface area contributed by atoms with Gasteiger partial charge in [0.2, 0.25) is 11.1 Å². The van der Waals surface area contributed by atoms with Crippen LogP contribution in [0.4, 0.5) is 16.0 Å². The summed E-state index contributed by atoms with van der Waals surface area (Å²) in [7, 11) is 0. The average Bonchev–Trinajstić information content (AvgIpc) is 3.43. The average molecular weight is 626 g/mol. The van der Waals surface area contributed by atoms with Gasteiger partial charge in [-0.2, -0.15) is 4.98 Å². The number of hydrogen-bond donors (Lipinski definition) is 2. The van der Waals surface area contributed by atoms with Gasteiger partial charge in [0.05, 0.1) is 5.57 Å². The molecule has 2 N–H and O–H groups in total. The Hall–Kier alpha value is -4.60. The number of nitrogens with one attached hydrogen (secondary N) is 2. The third kappa shape index (κ3) is 6.49. The van der Waals surface area contributed by atoms with Crippen molar-refractivity contribution in [3.05, 3.63) is 141 Å². The summed E-state index contributed by atoms with van der Waals surface area (Å²) < 4.78 is 22.1. The maximum absolute atomic E-state index is 14.3. The predicted molar refractivity (Wildman–Crippen MR) is 172 cm³/mol. The van der Waals surface area contributed by atoms with Crippen LogP contribution in [-0.4, -0.2) is 20.7 Å². The van der Waals surface area contributed by atoms with Gasteiger partial charge >= 0.3 is 0 Å². The first-order chi connectivity index (χ1) is 21.4. The molecule has 1 aliphatic heterocycles. The molecule has 6 rings (SSSR count). The third-order valence-corrected chi connectivity index (χ3v) is 8.42. The van der Waals surface area contributed by atoms with Gasteiger partial charge in [0, 0.05) is 22.2 Å². The smallest absolute Gasteiger partial charge is 0.255 e. The number of thioether (sulfide) groups is 1. The highest BCUT2D eigenvalue weighted by atomic mass is 35.5. The van der Waals surface area contributed by atoms with Gasteiger partial charge in [-0.05, 0) is 72.5 Å². The zero-order valence-electron chi connectivity index (χ0n) is 24.1. The Morgan fingerprint density at radius 1 is 1.02 bits per heavy atom. The van der Waals surface area contributed by atoms with Crippen LogP contribution in [0.25, 0.3) is 0 Å². The van der Waals surface area contributed by atoms with Crippen LogP contribution in [0.1, 0.15) is 35.2 Å². The van der Waals surface area contributed by atoms with Crippen molar-refractivity contribution in [2.75, 3.05) is 10.6 Å². The van der Waals surface area contributed by atoms with Gasteiger partial charge in [0.15, 0.2) is 0 Å². The summed E-state index contributed by atoms with van der Waals surface area (Å²) in [5, 5.41) is 12.3. The molecule has 1 atom stereocenters. The van der Waals surface area contributed by atoms with Gasteiger partial charge in [0.1, 0.15) is 24.2 Å². The molecule has 222 valence electrons. The highest BCUT2D eigenvalue weighted by Crippen LogP contribution is 2.38. The highest BCUT2D eigenvalue weighted by Gasteiger charge is 2.35. The molecule has 0 saturated carbocycles. The summed E-state index contributed by atoms with van der Waals surface area (Å²) in [6.45, 7) is 4.16. The Morgan fingerprint density at radius 2 is 1.80 bits per heavy atom. The number of hydrogen-bond acceptors (Lipinski definition) is 6. The molecule has 0 spiro atoms. The van der Waals surface area contributed by atoms with Crippen LogP contribution in [0.2, 0.25) is 5.02 Å². The number of rotatable bonds is 9. The number of para-hydroxylation sites is 1. The summed E-state index contributed by atoms with van der Waals surface area (Å²) in [6, 6.07) is 28.8. The van der Waals surface area contributed by atoms with Crippen LogP contribution in [-0.2, 0) is 17.2 Å². The van der Waals surface area contributed by atoms with Gasteiger partial charge < -0.3 is 15.4 Å². The number of aryl methyl sites for hydroxylation is 1. The van der Waals surface area contributed by atoms with Crippen LogP contribution in [0.15, 0.2) is 113 Å². The Balaban J connectivity index is 1.33. The van der Waals surface area contributed by atoms with Gasteiger partial charge in [0.25, 0.3) is 5.91 Å². The molecular weight excluding hydrogens is 597 g/mol. The van der Waals surface area contributed by atoms with E-state index in [0.29, 0.717) is 51.1 Å². The number of fused-ring (bicyclic) bond motifs is 1. The van der Waals surface area contributed by atoms with E-state index in [1.807, 2.05) is 86.6 Å². The summed E-state index contributed by atoms with van der Waals surface area (Å²) in [6.07, 6.45) is 0. The number of nitrogens with zero attached hydrogens (tertiary/aromatic N) is 3. The fourth-order valence-corrected chi connectivity index (χ4v) is 5.92. The van der Waals surface area contributed by atoms with Crippen molar-refractivity contribution < 1.29 is 13.9 Å². The Kier molecular flexibility index (Phi) is 8.67. The van der Waals surface area contributed by atoms with E-state index in [4.69, 9.17) is 26.4 Å². The van der Waals surface area contributed by atoms with E-state index in [2.05, 4.69) is 10.6 Å². The fraction of sp³-hybridized carbons (Fsp3) is 0.147. The predicted octanol–water partition coefficient (Wildman–Crippen LogP) is 8.18. The summed E-state index contributed by atoms with van der Waals surface area (Å²) in [5.74, 6) is 0.958. The first kappa shape index (κ1) is 29.5. The van der Waals surface area contributed by atoms with Gasteiger partial charge in [-0.3, -0.25) is 4.79 Å². The Labute approximate surface area is 264 Å². The SMILES string of the molecule is CC1=C(C(=O)Nc2ccccc2C)C(c2cccc(OCc3ccc(Cl)cc3)c2)n2nc(SCc3ccccc3F)nc2N1. The molecule has 0 fully saturated rings. The van der Waals surface area contributed by atoms with E-state index < -0.39 is 6.04 Å². The van der Waals surface area contributed by atoms with Crippen molar-refractivity contribution in [2.45, 2.75) is 37.4 Å². The van der Waals surface area contributed by atoms with Gasteiger partial charge in [-0.1, -0.05) is 84.0 Å². The van der Waals surface area contributed by atoms with Gasteiger partial charge in [-0.15, -0.1) is 5.10 Å². The third-order valence-electron chi connectivity index (χ3n) is 7.28. The number of aromatic nitrogens is 3. The van der Waals surface area contributed by atoms with E-state index in [-0.39, 0.29) is 11.7 Å². The second kappa shape index (κ2) is 13.0. The maximum atomic E-state index is 14.3. The quantitative estimate of drug-likeness (QED) is 0.161.